The second-order valence-corrected chi connectivity index (χ2v) is 3.54. The zero-order valence-electron chi connectivity index (χ0n) is 9.62. The van der Waals surface area contributed by atoms with Gasteiger partial charge in [0.15, 0.2) is 0 Å². The summed E-state index contributed by atoms with van der Waals surface area (Å²) in [7, 11) is 0. The monoisotopic (exact) mass is 199 g/mol. The summed E-state index contributed by atoms with van der Waals surface area (Å²) >= 11 is 0. The largest absolute Gasteiger partial charge is 0.258 e. The minimum atomic E-state index is 1.02. The minimum Gasteiger partial charge on any atom is -0.258 e. The molecular weight excluding hydrogens is 182 g/mol. The van der Waals surface area contributed by atoms with Crippen LogP contribution in [-0.2, 0) is 0 Å². The lowest BCUT2D eigenvalue weighted by Crippen LogP contribution is -1.94. The number of allylic oxidation sites excluding steroid dienone is 3. The van der Waals surface area contributed by atoms with E-state index in [2.05, 4.69) is 23.7 Å². The predicted octanol–water partition coefficient (Wildman–Crippen LogP) is 3.98. The van der Waals surface area contributed by atoms with Crippen LogP contribution in [0.25, 0.3) is 0 Å². The fourth-order valence-corrected chi connectivity index (χ4v) is 1.23. The molecule has 1 aromatic rings. The van der Waals surface area contributed by atoms with Crippen molar-refractivity contribution < 1.29 is 0 Å². The van der Waals surface area contributed by atoms with E-state index in [4.69, 9.17) is 0 Å². The summed E-state index contributed by atoms with van der Waals surface area (Å²) in [5, 5.41) is 0. The van der Waals surface area contributed by atoms with Crippen LogP contribution < -0.4 is 0 Å². The summed E-state index contributed by atoms with van der Waals surface area (Å²) in [5.41, 5.74) is 4.33. The fraction of sp³-hybridized carbons (Fsp3) is 0.214. The van der Waals surface area contributed by atoms with Crippen LogP contribution in [0.2, 0.25) is 0 Å². The van der Waals surface area contributed by atoms with E-state index in [0.29, 0.717) is 0 Å². The van der Waals surface area contributed by atoms with Crippen molar-refractivity contribution in [2.24, 2.45) is 4.99 Å². The van der Waals surface area contributed by atoms with Gasteiger partial charge in [0.25, 0.3) is 0 Å². The van der Waals surface area contributed by atoms with E-state index in [1.54, 1.807) is 0 Å². The Morgan fingerprint density at radius 1 is 1.13 bits per heavy atom. The van der Waals surface area contributed by atoms with Crippen LogP contribution in [0.1, 0.15) is 26.3 Å². The molecule has 1 rings (SSSR count). The van der Waals surface area contributed by atoms with Crippen molar-refractivity contribution in [3.8, 4) is 0 Å². The number of benzene rings is 1. The fourth-order valence-electron chi connectivity index (χ4n) is 1.23. The smallest absolute Gasteiger partial charge is 0.0448 e. The molecule has 0 saturated carbocycles. The Kier molecular flexibility index (Phi) is 4.04. The molecule has 15 heavy (non-hydrogen) atoms. The van der Waals surface area contributed by atoms with Crippen LogP contribution >= 0.6 is 0 Å². The number of aliphatic imine (C=N–C) groups is 1. The van der Waals surface area contributed by atoms with Gasteiger partial charge in [0.05, 0.1) is 0 Å². The Labute approximate surface area is 91.9 Å². The zero-order chi connectivity index (χ0) is 11.3. The minimum absolute atomic E-state index is 1.02. The van der Waals surface area contributed by atoms with Gasteiger partial charge in [-0.2, -0.15) is 0 Å². The molecule has 1 nitrogen and oxygen atoms in total. The molecule has 0 bridgehead atoms. The van der Waals surface area contributed by atoms with Crippen molar-refractivity contribution in [2.45, 2.75) is 20.8 Å². The Hall–Kier alpha value is -1.63. The van der Waals surface area contributed by atoms with Gasteiger partial charge in [0.2, 0.25) is 0 Å². The van der Waals surface area contributed by atoms with E-state index in [1.165, 1.54) is 0 Å². The van der Waals surface area contributed by atoms with Crippen LogP contribution in [0, 0.1) is 0 Å². The third-order valence-electron chi connectivity index (χ3n) is 2.40. The van der Waals surface area contributed by atoms with Gasteiger partial charge in [0.1, 0.15) is 0 Å². The summed E-state index contributed by atoms with van der Waals surface area (Å²) < 4.78 is 0. The van der Waals surface area contributed by atoms with Gasteiger partial charge in [-0.15, -0.1) is 0 Å². The van der Waals surface area contributed by atoms with Crippen LogP contribution in [0.15, 0.2) is 59.2 Å². The van der Waals surface area contributed by atoms with Gasteiger partial charge in [-0.25, -0.2) is 0 Å². The molecular formula is C14H17N. The highest BCUT2D eigenvalue weighted by molar-refractivity contribution is 5.99. The van der Waals surface area contributed by atoms with E-state index in [9.17, 15) is 0 Å². The van der Waals surface area contributed by atoms with Crippen molar-refractivity contribution in [3.63, 3.8) is 0 Å². The maximum absolute atomic E-state index is 4.54. The molecule has 0 aliphatic heterocycles. The number of hydrogen-bond donors (Lipinski definition) is 0. The normalized spacial score (nSPS) is 13.4. The van der Waals surface area contributed by atoms with E-state index in [0.717, 1.165) is 22.5 Å². The van der Waals surface area contributed by atoms with E-state index in [-0.39, 0.29) is 0 Å². The van der Waals surface area contributed by atoms with Gasteiger partial charge in [-0.3, -0.25) is 4.99 Å². The summed E-state index contributed by atoms with van der Waals surface area (Å²) in [5.74, 6) is 0. The Morgan fingerprint density at radius 2 is 1.73 bits per heavy atom. The molecule has 0 aliphatic carbocycles. The zero-order valence-corrected chi connectivity index (χ0v) is 9.62. The first-order chi connectivity index (χ1) is 7.15. The van der Waals surface area contributed by atoms with Crippen molar-refractivity contribution in [1.29, 1.82) is 0 Å². The summed E-state index contributed by atoms with van der Waals surface area (Å²) in [6, 6.07) is 10.2. The van der Waals surface area contributed by atoms with E-state index in [1.807, 2.05) is 45.0 Å². The van der Waals surface area contributed by atoms with Gasteiger partial charge in [0, 0.05) is 11.4 Å². The molecule has 0 heterocycles. The molecule has 1 aromatic carbocycles. The highest BCUT2D eigenvalue weighted by Gasteiger charge is 1.96. The second kappa shape index (κ2) is 5.30. The maximum atomic E-state index is 4.54. The van der Waals surface area contributed by atoms with Crippen molar-refractivity contribution in [2.75, 3.05) is 0 Å². The Bertz CT molecular complexity index is 397. The third-order valence-corrected chi connectivity index (χ3v) is 2.40. The number of rotatable bonds is 3. The van der Waals surface area contributed by atoms with Gasteiger partial charge in [-0.1, -0.05) is 43.0 Å². The van der Waals surface area contributed by atoms with Gasteiger partial charge < -0.3 is 0 Å². The molecule has 0 aromatic heterocycles. The molecule has 1 heteroatoms. The predicted molar refractivity (Wildman–Crippen MR) is 67.2 cm³/mol. The van der Waals surface area contributed by atoms with Crippen LogP contribution in [0.3, 0.4) is 0 Å². The van der Waals surface area contributed by atoms with Gasteiger partial charge in [-0.05, 0) is 31.9 Å². The molecule has 78 valence electrons. The van der Waals surface area contributed by atoms with Crippen LogP contribution in [0.4, 0.5) is 0 Å². The highest BCUT2D eigenvalue weighted by atomic mass is 14.7. The van der Waals surface area contributed by atoms with Crippen LogP contribution in [-0.4, -0.2) is 5.71 Å². The van der Waals surface area contributed by atoms with Crippen molar-refractivity contribution in [1.82, 2.24) is 0 Å². The average Bonchev–Trinajstić information content (AvgIpc) is 2.29. The Balaban J connectivity index is 3.00. The maximum Gasteiger partial charge on any atom is 0.0448 e. The third kappa shape index (κ3) is 3.21. The molecule has 0 fully saturated rings. The lowest BCUT2D eigenvalue weighted by Gasteiger charge is -2.02. The average molecular weight is 199 g/mol. The first kappa shape index (κ1) is 11.4. The molecule has 0 spiro atoms. The van der Waals surface area contributed by atoms with E-state index >= 15 is 0 Å². The lowest BCUT2D eigenvalue weighted by molar-refractivity contribution is 1.23. The Morgan fingerprint density at radius 3 is 2.27 bits per heavy atom. The first-order valence-electron chi connectivity index (χ1n) is 5.05. The lowest BCUT2D eigenvalue weighted by atomic mass is 10.1. The molecule has 0 unspecified atom stereocenters. The standard InChI is InChI=1S/C14H17N/c1-5-11(2)12(3)15-13(4)14-9-7-6-8-10-14/h5-10H,1H2,2-4H3/b12-11+,15-13?. The topological polar surface area (TPSA) is 12.4 Å². The van der Waals surface area contributed by atoms with Gasteiger partial charge >= 0.3 is 0 Å². The molecule has 0 N–H and O–H groups in total. The summed E-state index contributed by atoms with van der Waals surface area (Å²) in [4.78, 5) is 4.54. The molecule has 0 radical (unpaired) electrons. The summed E-state index contributed by atoms with van der Waals surface area (Å²) in [6.07, 6.45) is 1.83. The first-order valence-corrected chi connectivity index (χ1v) is 5.05. The second-order valence-electron chi connectivity index (χ2n) is 3.54. The molecule has 0 saturated heterocycles. The quantitative estimate of drug-likeness (QED) is 0.516. The molecule has 0 atom stereocenters. The highest BCUT2D eigenvalue weighted by Crippen LogP contribution is 2.09. The van der Waals surface area contributed by atoms with Crippen molar-refractivity contribution in [3.05, 3.63) is 59.8 Å². The number of nitrogens with zero attached hydrogens (tertiary/aromatic N) is 1. The molecule has 0 amide bonds. The SMILES string of the molecule is C=C/C(C)=C(\C)N=C(C)c1ccccc1. The molecule has 0 aliphatic rings. The van der Waals surface area contributed by atoms with E-state index < -0.39 is 0 Å². The van der Waals surface area contributed by atoms with Crippen LogP contribution in [0.5, 0.6) is 0 Å². The summed E-state index contributed by atoms with van der Waals surface area (Å²) in [6.45, 7) is 9.78. The van der Waals surface area contributed by atoms with Crippen molar-refractivity contribution >= 4 is 5.71 Å². The number of hydrogen-bond acceptors (Lipinski definition) is 1.